The monoisotopic (exact) mass is 358 g/mol. The normalized spacial score (nSPS) is 14.2. The van der Waals surface area contributed by atoms with Crippen molar-refractivity contribution in [2.45, 2.75) is 6.92 Å². The second-order valence-electron chi connectivity index (χ2n) is 5.82. The highest BCUT2D eigenvalue weighted by atomic mass is 16.5. The fraction of sp³-hybridized carbons (Fsp3) is 0.368. The summed E-state index contributed by atoms with van der Waals surface area (Å²) in [6.07, 6.45) is 1.48. The van der Waals surface area contributed by atoms with E-state index in [1.807, 2.05) is 25.1 Å². The van der Waals surface area contributed by atoms with Crippen molar-refractivity contribution < 1.29 is 23.5 Å². The van der Waals surface area contributed by atoms with Gasteiger partial charge in [0.2, 0.25) is 0 Å². The van der Waals surface area contributed by atoms with E-state index < -0.39 is 0 Å². The van der Waals surface area contributed by atoms with Gasteiger partial charge < -0.3 is 23.7 Å². The fourth-order valence-corrected chi connectivity index (χ4v) is 2.79. The van der Waals surface area contributed by atoms with E-state index in [-0.39, 0.29) is 18.4 Å². The number of carbonyl (C=O) groups is 2. The molecule has 26 heavy (non-hydrogen) atoms. The highest BCUT2D eigenvalue weighted by molar-refractivity contribution is 5.91. The van der Waals surface area contributed by atoms with Gasteiger partial charge in [0, 0.05) is 26.2 Å². The van der Waals surface area contributed by atoms with E-state index in [0.29, 0.717) is 50.0 Å². The van der Waals surface area contributed by atoms with Gasteiger partial charge in [-0.1, -0.05) is 12.1 Å². The number of nitrogens with zero attached hydrogens (tertiary/aromatic N) is 2. The number of hydrogen-bond donors (Lipinski definition) is 0. The number of amides is 2. The number of benzene rings is 1. The largest absolute Gasteiger partial charge is 0.490 e. The zero-order valence-corrected chi connectivity index (χ0v) is 14.7. The maximum atomic E-state index is 12.4. The molecule has 7 nitrogen and oxygen atoms in total. The maximum Gasteiger partial charge on any atom is 0.289 e. The van der Waals surface area contributed by atoms with Crippen LogP contribution in [0.1, 0.15) is 17.5 Å². The van der Waals surface area contributed by atoms with E-state index in [1.54, 1.807) is 28.0 Å². The third-order valence-corrected chi connectivity index (χ3v) is 4.15. The van der Waals surface area contributed by atoms with Gasteiger partial charge in [-0.15, -0.1) is 0 Å². The van der Waals surface area contributed by atoms with E-state index in [1.165, 1.54) is 6.26 Å². The Morgan fingerprint density at radius 3 is 2.23 bits per heavy atom. The van der Waals surface area contributed by atoms with Gasteiger partial charge in [-0.05, 0) is 31.2 Å². The number of para-hydroxylation sites is 2. The number of rotatable bonds is 6. The predicted octanol–water partition coefficient (Wildman–Crippen LogP) is 2.04. The molecule has 2 aromatic rings. The molecule has 0 spiro atoms. The van der Waals surface area contributed by atoms with Gasteiger partial charge in [0.25, 0.3) is 11.8 Å². The minimum Gasteiger partial charge on any atom is -0.490 e. The maximum absolute atomic E-state index is 12.4. The average Bonchev–Trinajstić information content (AvgIpc) is 3.21. The first-order valence-electron chi connectivity index (χ1n) is 8.64. The van der Waals surface area contributed by atoms with Crippen LogP contribution in [0.3, 0.4) is 0 Å². The van der Waals surface area contributed by atoms with E-state index in [4.69, 9.17) is 13.9 Å². The lowest BCUT2D eigenvalue weighted by atomic mass is 10.3. The molecule has 0 unspecified atom stereocenters. The summed E-state index contributed by atoms with van der Waals surface area (Å²) in [5, 5.41) is 0. The van der Waals surface area contributed by atoms with Crippen LogP contribution in [0.25, 0.3) is 0 Å². The summed E-state index contributed by atoms with van der Waals surface area (Å²) in [5.41, 5.74) is 0. The van der Waals surface area contributed by atoms with Crippen LogP contribution in [0.5, 0.6) is 11.5 Å². The molecule has 1 aliphatic heterocycles. The van der Waals surface area contributed by atoms with Gasteiger partial charge in [0.05, 0.1) is 12.9 Å². The molecule has 0 saturated carbocycles. The lowest BCUT2D eigenvalue weighted by Crippen LogP contribution is -2.51. The second kappa shape index (κ2) is 8.42. The zero-order valence-electron chi connectivity index (χ0n) is 14.7. The highest BCUT2D eigenvalue weighted by Gasteiger charge is 2.26. The van der Waals surface area contributed by atoms with E-state index >= 15 is 0 Å². The van der Waals surface area contributed by atoms with Crippen LogP contribution < -0.4 is 9.47 Å². The standard InChI is InChI=1S/C19H22N2O5/c1-2-24-15-6-3-4-7-16(15)26-14-18(22)20-9-11-21(12-10-20)19(23)17-8-5-13-25-17/h3-8,13H,2,9-12,14H2,1H3. The van der Waals surface area contributed by atoms with Crippen LogP contribution >= 0.6 is 0 Å². The minimum absolute atomic E-state index is 0.0593. The predicted molar refractivity (Wildman–Crippen MR) is 94.3 cm³/mol. The zero-order chi connectivity index (χ0) is 18.4. The number of hydrogen-bond acceptors (Lipinski definition) is 5. The van der Waals surface area contributed by atoms with Crippen molar-refractivity contribution in [3.05, 3.63) is 48.4 Å². The van der Waals surface area contributed by atoms with Crippen LogP contribution in [0.2, 0.25) is 0 Å². The van der Waals surface area contributed by atoms with Crippen molar-refractivity contribution in [2.24, 2.45) is 0 Å². The summed E-state index contributed by atoms with van der Waals surface area (Å²) in [7, 11) is 0. The van der Waals surface area contributed by atoms with Crippen molar-refractivity contribution in [2.75, 3.05) is 39.4 Å². The van der Waals surface area contributed by atoms with Crippen LogP contribution in [-0.4, -0.2) is 61.0 Å². The first-order valence-corrected chi connectivity index (χ1v) is 8.64. The summed E-state index contributed by atoms with van der Waals surface area (Å²) >= 11 is 0. The molecule has 138 valence electrons. The van der Waals surface area contributed by atoms with E-state index in [9.17, 15) is 9.59 Å². The molecule has 0 aliphatic carbocycles. The Hall–Kier alpha value is -2.96. The summed E-state index contributed by atoms with van der Waals surface area (Å²) in [4.78, 5) is 28.0. The minimum atomic E-state index is -0.149. The smallest absolute Gasteiger partial charge is 0.289 e. The number of furan rings is 1. The molecule has 1 aromatic carbocycles. The summed E-state index contributed by atoms with van der Waals surface area (Å²) < 4.78 is 16.3. The molecule has 3 rings (SSSR count). The highest BCUT2D eigenvalue weighted by Crippen LogP contribution is 2.26. The van der Waals surface area contributed by atoms with Crippen molar-refractivity contribution in [1.29, 1.82) is 0 Å². The Morgan fingerprint density at radius 2 is 1.62 bits per heavy atom. The number of piperazine rings is 1. The summed E-state index contributed by atoms with van der Waals surface area (Å²) in [6.45, 7) is 4.26. The van der Waals surface area contributed by atoms with Gasteiger partial charge in [-0.2, -0.15) is 0 Å². The Morgan fingerprint density at radius 1 is 0.962 bits per heavy atom. The number of ether oxygens (including phenoxy) is 2. The Labute approximate surface area is 152 Å². The molecule has 0 atom stereocenters. The third kappa shape index (κ3) is 4.17. The van der Waals surface area contributed by atoms with Gasteiger partial charge in [0.1, 0.15) is 0 Å². The van der Waals surface area contributed by atoms with Gasteiger partial charge >= 0.3 is 0 Å². The molecular weight excluding hydrogens is 336 g/mol. The molecule has 1 saturated heterocycles. The van der Waals surface area contributed by atoms with Crippen LogP contribution in [0.4, 0.5) is 0 Å². The topological polar surface area (TPSA) is 72.2 Å². The molecule has 0 radical (unpaired) electrons. The Kier molecular flexibility index (Phi) is 5.78. The fourth-order valence-electron chi connectivity index (χ4n) is 2.79. The lowest BCUT2D eigenvalue weighted by Gasteiger charge is -2.34. The second-order valence-corrected chi connectivity index (χ2v) is 5.82. The van der Waals surface area contributed by atoms with Gasteiger partial charge in [-0.25, -0.2) is 0 Å². The van der Waals surface area contributed by atoms with Crippen LogP contribution in [0.15, 0.2) is 47.1 Å². The SMILES string of the molecule is CCOc1ccccc1OCC(=O)N1CCN(C(=O)c2ccco2)CC1. The van der Waals surface area contributed by atoms with E-state index in [0.717, 1.165) is 0 Å². The van der Waals surface area contributed by atoms with Crippen molar-refractivity contribution in [3.8, 4) is 11.5 Å². The lowest BCUT2D eigenvalue weighted by molar-refractivity contribution is -0.134. The van der Waals surface area contributed by atoms with Crippen molar-refractivity contribution >= 4 is 11.8 Å². The summed E-state index contributed by atoms with van der Waals surface area (Å²) in [6, 6.07) is 10.6. The van der Waals surface area contributed by atoms with Crippen molar-refractivity contribution in [1.82, 2.24) is 9.80 Å². The third-order valence-electron chi connectivity index (χ3n) is 4.15. The van der Waals surface area contributed by atoms with Crippen LogP contribution in [0, 0.1) is 0 Å². The molecule has 1 aromatic heterocycles. The Balaban J connectivity index is 1.49. The molecule has 1 fully saturated rings. The molecular formula is C19H22N2O5. The molecule has 2 amide bonds. The molecule has 2 heterocycles. The van der Waals surface area contributed by atoms with Gasteiger partial charge in [-0.3, -0.25) is 9.59 Å². The number of carbonyl (C=O) groups excluding carboxylic acids is 2. The van der Waals surface area contributed by atoms with Crippen molar-refractivity contribution in [3.63, 3.8) is 0 Å². The molecule has 0 N–H and O–H groups in total. The van der Waals surface area contributed by atoms with Gasteiger partial charge in [0.15, 0.2) is 23.9 Å². The average molecular weight is 358 g/mol. The molecule has 0 bridgehead atoms. The molecule has 1 aliphatic rings. The van der Waals surface area contributed by atoms with Crippen LogP contribution in [-0.2, 0) is 4.79 Å². The molecule has 7 heteroatoms. The quantitative estimate of drug-likeness (QED) is 0.790. The summed E-state index contributed by atoms with van der Waals surface area (Å²) in [5.74, 6) is 1.23. The first-order chi connectivity index (χ1) is 12.7. The first kappa shape index (κ1) is 17.8. The Bertz CT molecular complexity index is 736. The van der Waals surface area contributed by atoms with E-state index in [2.05, 4.69) is 0 Å².